The number of amides is 1. The van der Waals surface area contributed by atoms with Gasteiger partial charge in [-0.15, -0.1) is 11.8 Å². The molecule has 6 heteroatoms. The molecular weight excluding hydrogens is 288 g/mol. The summed E-state index contributed by atoms with van der Waals surface area (Å²) in [5.41, 5.74) is 6.90. The highest BCUT2D eigenvalue weighted by Gasteiger charge is 2.09. The predicted octanol–water partition coefficient (Wildman–Crippen LogP) is 3.30. The van der Waals surface area contributed by atoms with E-state index in [1.54, 1.807) is 43.3 Å². The Morgan fingerprint density at radius 3 is 2.90 bits per heavy atom. The second kappa shape index (κ2) is 7.08. The van der Waals surface area contributed by atoms with Gasteiger partial charge in [-0.25, -0.2) is 0 Å². The van der Waals surface area contributed by atoms with Crippen LogP contribution in [0.2, 0.25) is 0 Å². The zero-order valence-corrected chi connectivity index (χ0v) is 12.8. The van der Waals surface area contributed by atoms with Gasteiger partial charge in [0.2, 0.25) is 5.91 Å². The van der Waals surface area contributed by atoms with Crippen LogP contribution in [0.15, 0.2) is 39.8 Å². The lowest BCUT2D eigenvalue weighted by Crippen LogP contribution is -2.13. The Bertz CT molecular complexity index is 625. The summed E-state index contributed by atoms with van der Waals surface area (Å²) in [7, 11) is 1.54. The van der Waals surface area contributed by atoms with Crippen molar-refractivity contribution in [3.05, 3.63) is 36.3 Å². The fourth-order valence-corrected chi connectivity index (χ4v) is 2.71. The van der Waals surface area contributed by atoms with E-state index in [-0.39, 0.29) is 5.91 Å². The maximum Gasteiger partial charge on any atom is 0.225 e. The van der Waals surface area contributed by atoms with E-state index in [1.165, 1.54) is 0 Å². The fourth-order valence-electron chi connectivity index (χ4n) is 1.80. The maximum absolute atomic E-state index is 11.9. The van der Waals surface area contributed by atoms with Crippen molar-refractivity contribution in [2.24, 2.45) is 0 Å². The van der Waals surface area contributed by atoms with Crippen LogP contribution < -0.4 is 15.8 Å². The third kappa shape index (κ3) is 4.19. The second-order valence-electron chi connectivity index (χ2n) is 4.45. The van der Waals surface area contributed by atoms with Crippen LogP contribution in [0.3, 0.4) is 0 Å². The van der Waals surface area contributed by atoms with Gasteiger partial charge in [0.25, 0.3) is 0 Å². The summed E-state index contributed by atoms with van der Waals surface area (Å²) in [5.74, 6) is 2.05. The third-order valence-electron chi connectivity index (χ3n) is 2.90. The molecule has 0 aliphatic rings. The first-order valence-electron chi connectivity index (χ1n) is 6.50. The Morgan fingerprint density at radius 2 is 2.24 bits per heavy atom. The minimum absolute atomic E-state index is 0.0632. The molecule has 0 aliphatic heterocycles. The zero-order chi connectivity index (χ0) is 15.2. The molecule has 0 spiro atoms. The molecule has 3 N–H and O–H groups in total. The first kappa shape index (κ1) is 15.3. The molecule has 1 amide bonds. The van der Waals surface area contributed by atoms with Gasteiger partial charge in [-0.2, -0.15) is 0 Å². The highest BCUT2D eigenvalue weighted by Crippen LogP contribution is 2.27. The molecule has 0 unspecified atom stereocenters. The predicted molar refractivity (Wildman–Crippen MR) is 84.8 cm³/mol. The Kier molecular flexibility index (Phi) is 5.16. The Morgan fingerprint density at radius 1 is 1.43 bits per heavy atom. The van der Waals surface area contributed by atoms with Gasteiger partial charge in [-0.05, 0) is 25.1 Å². The van der Waals surface area contributed by atoms with E-state index in [2.05, 4.69) is 5.32 Å². The number of anilines is 2. The molecule has 0 bridgehead atoms. The van der Waals surface area contributed by atoms with Gasteiger partial charge >= 0.3 is 0 Å². The minimum atomic E-state index is -0.0632. The summed E-state index contributed by atoms with van der Waals surface area (Å²) in [5, 5.41) is 2.83. The molecule has 0 atom stereocenters. The quantitative estimate of drug-likeness (QED) is 0.632. The molecule has 2 rings (SSSR count). The van der Waals surface area contributed by atoms with Crippen molar-refractivity contribution in [3.8, 4) is 5.75 Å². The van der Waals surface area contributed by atoms with E-state index in [4.69, 9.17) is 14.9 Å². The lowest BCUT2D eigenvalue weighted by molar-refractivity contribution is -0.115. The van der Waals surface area contributed by atoms with E-state index in [0.717, 1.165) is 10.7 Å². The van der Waals surface area contributed by atoms with E-state index in [9.17, 15) is 4.79 Å². The molecule has 0 saturated heterocycles. The molecule has 21 heavy (non-hydrogen) atoms. The van der Waals surface area contributed by atoms with Crippen LogP contribution in [0.4, 0.5) is 11.4 Å². The van der Waals surface area contributed by atoms with Crippen molar-refractivity contribution in [1.29, 1.82) is 0 Å². The zero-order valence-electron chi connectivity index (χ0n) is 12.0. The average molecular weight is 306 g/mol. The first-order chi connectivity index (χ1) is 10.1. The SMILES string of the molecule is COc1cc(N)ccc1NC(=O)CCSc1ccoc1C. The fraction of sp³-hybridized carbons (Fsp3) is 0.267. The third-order valence-corrected chi connectivity index (χ3v) is 4.04. The molecule has 1 aromatic carbocycles. The van der Waals surface area contributed by atoms with Gasteiger partial charge in [0.05, 0.1) is 19.1 Å². The van der Waals surface area contributed by atoms with E-state index < -0.39 is 0 Å². The smallest absolute Gasteiger partial charge is 0.225 e. The van der Waals surface area contributed by atoms with Crippen LogP contribution in [0.1, 0.15) is 12.2 Å². The van der Waals surface area contributed by atoms with Crippen molar-refractivity contribution < 1.29 is 13.9 Å². The van der Waals surface area contributed by atoms with Gasteiger partial charge < -0.3 is 20.2 Å². The van der Waals surface area contributed by atoms with Gasteiger partial charge in [0, 0.05) is 28.8 Å². The molecule has 0 saturated carbocycles. The Labute approximate surface area is 127 Å². The Hall–Kier alpha value is -2.08. The van der Waals surface area contributed by atoms with Crippen LogP contribution in [-0.2, 0) is 4.79 Å². The monoisotopic (exact) mass is 306 g/mol. The van der Waals surface area contributed by atoms with E-state index in [0.29, 0.717) is 29.3 Å². The molecular formula is C15H18N2O3S. The van der Waals surface area contributed by atoms with Gasteiger partial charge in [-0.3, -0.25) is 4.79 Å². The number of methoxy groups -OCH3 is 1. The van der Waals surface area contributed by atoms with Crippen LogP contribution >= 0.6 is 11.8 Å². The lowest BCUT2D eigenvalue weighted by atomic mass is 10.2. The first-order valence-corrected chi connectivity index (χ1v) is 7.49. The number of hydrogen-bond donors (Lipinski definition) is 2. The highest BCUT2D eigenvalue weighted by atomic mass is 32.2. The summed E-state index contributed by atoms with van der Waals surface area (Å²) >= 11 is 1.60. The second-order valence-corrected chi connectivity index (χ2v) is 5.58. The van der Waals surface area contributed by atoms with Crippen LogP contribution in [-0.4, -0.2) is 18.8 Å². The standard InChI is InChI=1S/C15H18N2O3S/c1-10-14(5-7-20-10)21-8-6-15(18)17-12-4-3-11(16)9-13(12)19-2/h3-5,7,9H,6,8,16H2,1-2H3,(H,17,18). The summed E-state index contributed by atoms with van der Waals surface area (Å²) < 4.78 is 10.4. The highest BCUT2D eigenvalue weighted by molar-refractivity contribution is 7.99. The van der Waals surface area contributed by atoms with E-state index >= 15 is 0 Å². The molecule has 0 fully saturated rings. The normalized spacial score (nSPS) is 10.4. The lowest BCUT2D eigenvalue weighted by Gasteiger charge is -2.10. The number of benzene rings is 1. The molecule has 112 valence electrons. The van der Waals surface area contributed by atoms with Crippen LogP contribution in [0, 0.1) is 6.92 Å². The topological polar surface area (TPSA) is 77.5 Å². The Balaban J connectivity index is 1.86. The number of nitrogens with two attached hydrogens (primary N) is 1. The molecule has 0 aliphatic carbocycles. The minimum Gasteiger partial charge on any atom is -0.494 e. The number of carbonyl (C=O) groups is 1. The van der Waals surface area contributed by atoms with Crippen molar-refractivity contribution in [2.45, 2.75) is 18.2 Å². The number of nitrogens with one attached hydrogen (secondary N) is 1. The van der Waals surface area contributed by atoms with Gasteiger partial charge in [0.1, 0.15) is 11.5 Å². The molecule has 1 aromatic heterocycles. The number of nitrogen functional groups attached to an aromatic ring is 1. The number of thioether (sulfide) groups is 1. The largest absolute Gasteiger partial charge is 0.494 e. The molecule has 0 radical (unpaired) electrons. The van der Waals surface area contributed by atoms with E-state index in [1.807, 2.05) is 13.0 Å². The number of aryl methyl sites for hydroxylation is 1. The van der Waals surface area contributed by atoms with Crippen molar-refractivity contribution in [2.75, 3.05) is 23.9 Å². The number of hydrogen-bond acceptors (Lipinski definition) is 5. The molecule has 2 aromatic rings. The van der Waals surface area contributed by atoms with Crippen LogP contribution in [0.25, 0.3) is 0 Å². The summed E-state index contributed by atoms with van der Waals surface area (Å²) in [4.78, 5) is 13.0. The summed E-state index contributed by atoms with van der Waals surface area (Å²) in [6.45, 7) is 1.90. The van der Waals surface area contributed by atoms with Gasteiger partial charge in [0.15, 0.2) is 0 Å². The van der Waals surface area contributed by atoms with Crippen molar-refractivity contribution in [3.63, 3.8) is 0 Å². The average Bonchev–Trinajstić information content (AvgIpc) is 2.86. The summed E-state index contributed by atoms with van der Waals surface area (Å²) in [6, 6.07) is 7.04. The number of rotatable bonds is 6. The van der Waals surface area contributed by atoms with Crippen molar-refractivity contribution in [1.82, 2.24) is 0 Å². The number of carbonyl (C=O) groups excluding carboxylic acids is 1. The maximum atomic E-state index is 11.9. The van der Waals surface area contributed by atoms with Crippen molar-refractivity contribution >= 4 is 29.0 Å². The number of ether oxygens (including phenoxy) is 1. The number of furan rings is 1. The van der Waals surface area contributed by atoms with Crippen LogP contribution in [0.5, 0.6) is 5.75 Å². The molecule has 5 nitrogen and oxygen atoms in total. The summed E-state index contributed by atoms with van der Waals surface area (Å²) in [6.07, 6.45) is 2.06. The van der Waals surface area contributed by atoms with Gasteiger partial charge in [-0.1, -0.05) is 0 Å². The molecule has 1 heterocycles.